The quantitative estimate of drug-likeness (QED) is 0.184. The van der Waals surface area contributed by atoms with Crippen molar-refractivity contribution in [1.29, 1.82) is 0 Å². The van der Waals surface area contributed by atoms with Crippen LogP contribution in [-0.2, 0) is 10.8 Å². The lowest BCUT2D eigenvalue weighted by atomic mass is 9.68. The summed E-state index contributed by atoms with van der Waals surface area (Å²) < 4.78 is 6.76. The molecule has 1 heterocycles. The summed E-state index contributed by atoms with van der Waals surface area (Å²) in [5, 5.41) is 2.28. The Morgan fingerprint density at radius 3 is 2.00 bits per heavy atom. The average Bonchev–Trinajstić information content (AvgIpc) is 3.80. The van der Waals surface area contributed by atoms with Crippen molar-refractivity contribution in [2.24, 2.45) is 0 Å². The molecule has 3 aliphatic rings. The van der Waals surface area contributed by atoms with Crippen LogP contribution in [0.3, 0.4) is 0 Å². The number of rotatable bonds is 4. The van der Waals surface area contributed by atoms with Gasteiger partial charge in [0.25, 0.3) is 0 Å². The maximum Gasteiger partial charge on any atom is 0.159 e. The Bertz CT molecular complexity index is 2760. The number of nitrogens with zero attached hydrogens (tertiary/aromatic N) is 1. The zero-order valence-electron chi connectivity index (χ0n) is 30.3. The number of hydrogen-bond acceptors (Lipinski definition) is 2. The maximum absolute atomic E-state index is 6.76. The Kier molecular flexibility index (Phi) is 6.56. The Morgan fingerprint density at radius 2 is 1.13 bits per heavy atom. The van der Waals surface area contributed by atoms with Crippen molar-refractivity contribution in [3.63, 3.8) is 0 Å². The number of anilines is 3. The minimum atomic E-state index is -0.110. The molecular formula is C51H41NO. The van der Waals surface area contributed by atoms with Gasteiger partial charge in [0.2, 0.25) is 0 Å². The summed E-state index contributed by atoms with van der Waals surface area (Å²) in [4.78, 5) is 2.46. The van der Waals surface area contributed by atoms with Crippen LogP contribution >= 0.6 is 0 Å². The number of benzene rings is 7. The minimum Gasteiger partial charge on any atom is -0.454 e. The average molecular weight is 684 g/mol. The third-order valence-corrected chi connectivity index (χ3v) is 12.8. The van der Waals surface area contributed by atoms with Gasteiger partial charge in [-0.2, -0.15) is 0 Å². The molecule has 0 bridgehead atoms. The number of fused-ring (bicyclic) bond motifs is 11. The van der Waals surface area contributed by atoms with E-state index >= 15 is 0 Å². The monoisotopic (exact) mass is 683 g/mol. The Morgan fingerprint density at radius 1 is 0.491 bits per heavy atom. The summed E-state index contributed by atoms with van der Waals surface area (Å²) in [6.45, 7) is 4.76. The van der Waals surface area contributed by atoms with Crippen molar-refractivity contribution in [3.8, 4) is 33.4 Å². The summed E-state index contributed by atoms with van der Waals surface area (Å²) >= 11 is 0. The second-order valence-electron chi connectivity index (χ2n) is 16.0. The standard InChI is InChI=1S/C51H41NO/c1-50(2)43-23-7-4-18-38(43)41-21-13-20-36(48(41)50)33-15-12-16-34(31-33)52(46-25-14-22-42-40-19-6-9-26-47(40)53-49(42)46)35-27-28-39-37-17-5-8-24-44(37)51(45(39)32-35)29-10-3-11-30-51/h4-9,12-28,31-32H,3,10-11,29-30H2,1-2H3. The van der Waals surface area contributed by atoms with Crippen LogP contribution in [0.25, 0.3) is 55.3 Å². The molecule has 0 amide bonds. The van der Waals surface area contributed by atoms with Crippen LogP contribution in [0.4, 0.5) is 17.1 Å². The van der Waals surface area contributed by atoms with Gasteiger partial charge in [0.1, 0.15) is 5.58 Å². The highest BCUT2D eigenvalue weighted by Gasteiger charge is 2.44. The lowest BCUT2D eigenvalue weighted by molar-refractivity contribution is 0.353. The molecule has 3 aliphatic carbocycles. The van der Waals surface area contributed by atoms with Crippen LogP contribution in [0.2, 0.25) is 0 Å². The molecule has 0 radical (unpaired) electrons. The SMILES string of the molecule is CC1(C)c2ccccc2-c2cccc(-c3cccc(N(c4ccc5c(c4)C4(CCCCC4)c4ccccc4-5)c4cccc5c4oc4ccccc45)c3)c21. The van der Waals surface area contributed by atoms with E-state index in [0.717, 1.165) is 39.0 Å². The fourth-order valence-corrected chi connectivity index (χ4v) is 10.5. The molecule has 11 rings (SSSR count). The predicted octanol–water partition coefficient (Wildman–Crippen LogP) is 14.3. The number of hydrogen-bond donors (Lipinski definition) is 0. The largest absolute Gasteiger partial charge is 0.454 e. The molecule has 256 valence electrons. The molecule has 2 heteroatoms. The molecule has 8 aromatic rings. The minimum absolute atomic E-state index is 0.0598. The highest BCUT2D eigenvalue weighted by molar-refractivity contribution is 6.10. The van der Waals surface area contributed by atoms with Crippen molar-refractivity contribution in [1.82, 2.24) is 0 Å². The number of para-hydroxylation sites is 2. The van der Waals surface area contributed by atoms with Gasteiger partial charge >= 0.3 is 0 Å². The normalized spacial score (nSPS) is 16.0. The Labute approximate surface area is 311 Å². The molecular weight excluding hydrogens is 643 g/mol. The molecule has 0 aliphatic heterocycles. The Hall–Kier alpha value is -5.86. The van der Waals surface area contributed by atoms with E-state index in [1.165, 1.54) is 87.7 Å². The number of furan rings is 1. The molecule has 2 nitrogen and oxygen atoms in total. The fourth-order valence-electron chi connectivity index (χ4n) is 10.5. The molecule has 0 atom stereocenters. The summed E-state index contributed by atoms with van der Waals surface area (Å²) in [6.07, 6.45) is 6.25. The summed E-state index contributed by atoms with van der Waals surface area (Å²) in [6, 6.07) is 56.4. The lowest BCUT2D eigenvalue weighted by Gasteiger charge is -2.36. The van der Waals surface area contributed by atoms with Gasteiger partial charge in [-0.15, -0.1) is 0 Å². The first-order chi connectivity index (χ1) is 26.0. The van der Waals surface area contributed by atoms with Crippen LogP contribution in [0.1, 0.15) is 68.2 Å². The van der Waals surface area contributed by atoms with Gasteiger partial charge in [-0.1, -0.05) is 148 Å². The van der Waals surface area contributed by atoms with Gasteiger partial charge in [-0.25, -0.2) is 0 Å². The first-order valence-electron chi connectivity index (χ1n) is 19.3. The third-order valence-electron chi connectivity index (χ3n) is 12.8. The zero-order valence-corrected chi connectivity index (χ0v) is 30.3. The van der Waals surface area contributed by atoms with E-state index in [1.807, 2.05) is 0 Å². The van der Waals surface area contributed by atoms with E-state index in [2.05, 4.69) is 170 Å². The first-order valence-corrected chi connectivity index (χ1v) is 19.3. The smallest absolute Gasteiger partial charge is 0.159 e. The second-order valence-corrected chi connectivity index (χ2v) is 16.0. The van der Waals surface area contributed by atoms with Gasteiger partial charge in [-0.3, -0.25) is 0 Å². The highest BCUT2D eigenvalue weighted by atomic mass is 16.3. The molecule has 1 fully saturated rings. The van der Waals surface area contributed by atoms with Crippen LogP contribution in [0.15, 0.2) is 156 Å². The molecule has 53 heavy (non-hydrogen) atoms. The van der Waals surface area contributed by atoms with Crippen molar-refractivity contribution >= 4 is 39.0 Å². The van der Waals surface area contributed by atoms with E-state index in [9.17, 15) is 0 Å². The van der Waals surface area contributed by atoms with Gasteiger partial charge in [-0.05, 0) is 105 Å². The molecule has 0 N–H and O–H groups in total. The summed E-state index contributed by atoms with van der Waals surface area (Å²) in [5.74, 6) is 0. The van der Waals surface area contributed by atoms with Crippen molar-refractivity contribution < 1.29 is 4.42 Å². The van der Waals surface area contributed by atoms with Crippen LogP contribution in [0.5, 0.6) is 0 Å². The Balaban J connectivity index is 1.14. The van der Waals surface area contributed by atoms with E-state index < -0.39 is 0 Å². The van der Waals surface area contributed by atoms with E-state index in [-0.39, 0.29) is 10.8 Å². The van der Waals surface area contributed by atoms with Gasteiger partial charge in [0.15, 0.2) is 5.58 Å². The predicted molar refractivity (Wildman–Crippen MR) is 221 cm³/mol. The lowest BCUT2D eigenvalue weighted by Crippen LogP contribution is -2.28. The fraction of sp³-hybridized carbons (Fsp3) is 0.176. The van der Waals surface area contributed by atoms with Gasteiger partial charge in [0.05, 0.1) is 5.69 Å². The van der Waals surface area contributed by atoms with E-state index in [1.54, 1.807) is 0 Å². The second kappa shape index (κ2) is 11.3. The van der Waals surface area contributed by atoms with Crippen LogP contribution in [0, 0.1) is 0 Å². The van der Waals surface area contributed by atoms with Crippen molar-refractivity contribution in [2.75, 3.05) is 4.90 Å². The molecule has 1 saturated carbocycles. The summed E-state index contributed by atoms with van der Waals surface area (Å²) in [5.41, 5.74) is 18.9. The molecule has 0 saturated heterocycles. The molecule has 0 unspecified atom stereocenters. The summed E-state index contributed by atoms with van der Waals surface area (Å²) in [7, 11) is 0. The van der Waals surface area contributed by atoms with Crippen LogP contribution in [-0.4, -0.2) is 0 Å². The molecule has 1 aromatic heterocycles. The topological polar surface area (TPSA) is 16.4 Å². The highest BCUT2D eigenvalue weighted by Crippen LogP contribution is 2.57. The van der Waals surface area contributed by atoms with Gasteiger partial charge < -0.3 is 9.32 Å². The van der Waals surface area contributed by atoms with Crippen molar-refractivity contribution in [2.45, 2.75) is 56.8 Å². The van der Waals surface area contributed by atoms with E-state index in [4.69, 9.17) is 4.42 Å². The van der Waals surface area contributed by atoms with Crippen LogP contribution < -0.4 is 4.90 Å². The molecule has 1 spiro atoms. The van der Waals surface area contributed by atoms with Crippen molar-refractivity contribution in [3.05, 3.63) is 174 Å². The van der Waals surface area contributed by atoms with Gasteiger partial charge in [0, 0.05) is 33.0 Å². The maximum atomic E-state index is 6.76. The zero-order chi connectivity index (χ0) is 35.3. The molecule has 7 aromatic carbocycles. The third kappa shape index (κ3) is 4.33. The first kappa shape index (κ1) is 30.7. The van der Waals surface area contributed by atoms with E-state index in [0.29, 0.717) is 0 Å².